The van der Waals surface area contributed by atoms with E-state index >= 15 is 0 Å². The summed E-state index contributed by atoms with van der Waals surface area (Å²) in [7, 11) is 0. The Morgan fingerprint density at radius 1 is 1.50 bits per heavy atom. The third-order valence-electron chi connectivity index (χ3n) is 1.59. The van der Waals surface area contributed by atoms with E-state index in [1.165, 1.54) is 5.57 Å². The molecule has 1 nitrogen and oxygen atoms in total. The SMILES string of the molecule is C=CC=NC1C=CC=C(C)C=C1. The maximum Gasteiger partial charge on any atom is 0.0867 e. The van der Waals surface area contributed by atoms with Gasteiger partial charge in [-0.2, -0.15) is 0 Å². The Bertz CT molecular complexity index is 267. The largest absolute Gasteiger partial charge is 0.282 e. The number of rotatable bonds is 2. The Hall–Kier alpha value is -1.37. The van der Waals surface area contributed by atoms with Gasteiger partial charge < -0.3 is 0 Å². The molecule has 0 saturated heterocycles. The smallest absolute Gasteiger partial charge is 0.0867 e. The summed E-state index contributed by atoms with van der Waals surface area (Å²) in [5.41, 5.74) is 1.25. The molecule has 1 atom stereocenters. The molecule has 1 aliphatic rings. The molecule has 0 aromatic heterocycles. The summed E-state index contributed by atoms with van der Waals surface area (Å²) in [6.07, 6.45) is 13.7. The molecule has 1 unspecified atom stereocenters. The molecule has 1 heteroatoms. The molecule has 1 rings (SSSR count). The van der Waals surface area contributed by atoms with Gasteiger partial charge in [0.25, 0.3) is 0 Å². The van der Waals surface area contributed by atoms with Gasteiger partial charge in [-0.15, -0.1) is 0 Å². The Balaban J connectivity index is 2.67. The highest BCUT2D eigenvalue weighted by atomic mass is 14.7. The molecule has 1 aliphatic carbocycles. The highest BCUT2D eigenvalue weighted by Gasteiger charge is 1.95. The molecular formula is C11H13N. The molecule has 0 spiro atoms. The van der Waals surface area contributed by atoms with Crippen molar-refractivity contribution >= 4 is 6.21 Å². The first-order chi connectivity index (χ1) is 5.83. The van der Waals surface area contributed by atoms with Crippen molar-refractivity contribution in [1.82, 2.24) is 0 Å². The summed E-state index contributed by atoms with van der Waals surface area (Å²) >= 11 is 0. The van der Waals surface area contributed by atoms with E-state index in [0.29, 0.717) is 0 Å². The van der Waals surface area contributed by atoms with E-state index < -0.39 is 0 Å². The molecule has 0 aromatic carbocycles. The normalized spacial score (nSPS) is 22.4. The fourth-order valence-corrected chi connectivity index (χ4v) is 0.951. The minimum absolute atomic E-state index is 0.164. The van der Waals surface area contributed by atoms with Crippen molar-refractivity contribution in [3.63, 3.8) is 0 Å². The van der Waals surface area contributed by atoms with Crippen LogP contribution in [0.15, 0.2) is 53.6 Å². The lowest BCUT2D eigenvalue weighted by molar-refractivity contribution is 1.04. The molecular weight excluding hydrogens is 146 g/mol. The van der Waals surface area contributed by atoms with Crippen LogP contribution in [0.2, 0.25) is 0 Å². The molecule has 0 fully saturated rings. The Labute approximate surface area is 73.5 Å². The van der Waals surface area contributed by atoms with Gasteiger partial charge in [-0.1, -0.05) is 48.6 Å². The third-order valence-corrected chi connectivity index (χ3v) is 1.59. The van der Waals surface area contributed by atoms with E-state index in [-0.39, 0.29) is 6.04 Å². The van der Waals surface area contributed by atoms with Crippen molar-refractivity contribution in [2.45, 2.75) is 13.0 Å². The van der Waals surface area contributed by atoms with Crippen LogP contribution in [0.1, 0.15) is 6.92 Å². The van der Waals surface area contributed by atoms with E-state index in [1.54, 1.807) is 12.3 Å². The van der Waals surface area contributed by atoms with Gasteiger partial charge in [-0.25, -0.2) is 0 Å². The monoisotopic (exact) mass is 159 g/mol. The Morgan fingerprint density at radius 2 is 2.33 bits per heavy atom. The predicted molar refractivity (Wildman–Crippen MR) is 54.5 cm³/mol. The van der Waals surface area contributed by atoms with Gasteiger partial charge in [0.1, 0.15) is 0 Å². The van der Waals surface area contributed by atoms with Gasteiger partial charge in [0.2, 0.25) is 0 Å². The number of aliphatic imine (C=N–C) groups is 1. The number of nitrogens with zero attached hydrogens (tertiary/aromatic N) is 1. The third kappa shape index (κ3) is 2.70. The summed E-state index contributed by atoms with van der Waals surface area (Å²) in [5, 5.41) is 0. The highest BCUT2D eigenvalue weighted by Crippen LogP contribution is 2.05. The van der Waals surface area contributed by atoms with Crippen molar-refractivity contribution in [1.29, 1.82) is 0 Å². The summed E-state index contributed by atoms with van der Waals surface area (Å²) in [4.78, 5) is 4.25. The lowest BCUT2D eigenvalue weighted by Gasteiger charge is -1.96. The van der Waals surface area contributed by atoms with Crippen LogP contribution in [-0.4, -0.2) is 12.3 Å². The Kier molecular flexibility index (Phi) is 3.27. The maximum atomic E-state index is 4.25. The van der Waals surface area contributed by atoms with Crippen molar-refractivity contribution < 1.29 is 0 Å². The fourth-order valence-electron chi connectivity index (χ4n) is 0.951. The second-order valence-corrected chi connectivity index (χ2v) is 2.68. The highest BCUT2D eigenvalue weighted by molar-refractivity contribution is 5.70. The number of hydrogen-bond donors (Lipinski definition) is 0. The van der Waals surface area contributed by atoms with Crippen LogP contribution >= 0.6 is 0 Å². The first kappa shape index (κ1) is 8.72. The molecule has 0 aliphatic heterocycles. The minimum Gasteiger partial charge on any atom is -0.282 e. The Morgan fingerprint density at radius 3 is 3.08 bits per heavy atom. The van der Waals surface area contributed by atoms with Crippen molar-refractivity contribution in [3.05, 3.63) is 48.6 Å². The molecule has 0 bridgehead atoms. The molecule has 0 saturated carbocycles. The van der Waals surface area contributed by atoms with E-state index in [0.717, 1.165) is 0 Å². The average molecular weight is 159 g/mol. The molecule has 62 valence electrons. The van der Waals surface area contributed by atoms with Crippen LogP contribution in [0.25, 0.3) is 0 Å². The van der Waals surface area contributed by atoms with E-state index in [1.807, 2.05) is 12.2 Å². The summed E-state index contributed by atoms with van der Waals surface area (Å²) < 4.78 is 0. The van der Waals surface area contributed by atoms with Gasteiger partial charge in [0.05, 0.1) is 6.04 Å². The molecule has 0 radical (unpaired) electrons. The van der Waals surface area contributed by atoms with Gasteiger partial charge in [0.15, 0.2) is 0 Å². The quantitative estimate of drug-likeness (QED) is 0.549. The minimum atomic E-state index is 0.164. The van der Waals surface area contributed by atoms with Crippen LogP contribution in [0, 0.1) is 0 Å². The molecule has 0 N–H and O–H groups in total. The van der Waals surface area contributed by atoms with Gasteiger partial charge >= 0.3 is 0 Å². The molecule has 0 amide bonds. The van der Waals surface area contributed by atoms with Crippen molar-refractivity contribution in [2.24, 2.45) is 4.99 Å². The topological polar surface area (TPSA) is 12.4 Å². The molecule has 0 aromatic rings. The van der Waals surface area contributed by atoms with Gasteiger partial charge in [-0.3, -0.25) is 4.99 Å². The van der Waals surface area contributed by atoms with Crippen LogP contribution in [0.5, 0.6) is 0 Å². The fraction of sp³-hybridized carbons (Fsp3) is 0.182. The zero-order valence-electron chi connectivity index (χ0n) is 7.27. The summed E-state index contributed by atoms with van der Waals surface area (Å²) in [6, 6.07) is 0.164. The van der Waals surface area contributed by atoms with Crippen LogP contribution in [-0.2, 0) is 0 Å². The van der Waals surface area contributed by atoms with Crippen LogP contribution in [0.3, 0.4) is 0 Å². The molecule has 0 heterocycles. The lowest BCUT2D eigenvalue weighted by atomic mass is 10.2. The zero-order chi connectivity index (χ0) is 8.81. The lowest BCUT2D eigenvalue weighted by Crippen LogP contribution is -1.93. The average Bonchev–Trinajstić information content (AvgIpc) is 2.27. The summed E-state index contributed by atoms with van der Waals surface area (Å²) in [5.74, 6) is 0. The standard InChI is InChI=1S/C11H13N/c1-3-9-12-11-6-4-5-10(2)7-8-11/h3-9,11H,1H2,2H3. The second kappa shape index (κ2) is 4.50. The van der Waals surface area contributed by atoms with Crippen molar-refractivity contribution in [2.75, 3.05) is 0 Å². The summed E-state index contributed by atoms with van der Waals surface area (Å²) in [6.45, 7) is 5.64. The zero-order valence-corrected chi connectivity index (χ0v) is 7.27. The first-order valence-corrected chi connectivity index (χ1v) is 4.00. The van der Waals surface area contributed by atoms with Crippen LogP contribution in [0.4, 0.5) is 0 Å². The van der Waals surface area contributed by atoms with Crippen LogP contribution < -0.4 is 0 Å². The van der Waals surface area contributed by atoms with Gasteiger partial charge in [0, 0.05) is 6.21 Å². The molecule has 12 heavy (non-hydrogen) atoms. The van der Waals surface area contributed by atoms with Gasteiger partial charge in [-0.05, 0) is 6.92 Å². The van der Waals surface area contributed by atoms with Crippen molar-refractivity contribution in [3.8, 4) is 0 Å². The maximum absolute atomic E-state index is 4.25. The predicted octanol–water partition coefficient (Wildman–Crippen LogP) is 2.68. The van der Waals surface area contributed by atoms with E-state index in [2.05, 4.69) is 36.7 Å². The number of allylic oxidation sites excluding steroid dienone is 5. The first-order valence-electron chi connectivity index (χ1n) is 4.00. The van der Waals surface area contributed by atoms with E-state index in [4.69, 9.17) is 0 Å². The van der Waals surface area contributed by atoms with E-state index in [9.17, 15) is 0 Å². The second-order valence-electron chi connectivity index (χ2n) is 2.68. The number of hydrogen-bond acceptors (Lipinski definition) is 1.